The van der Waals surface area contributed by atoms with Crippen LogP contribution in [0.15, 0.2) is 72.8 Å². The van der Waals surface area contributed by atoms with Gasteiger partial charge in [-0.05, 0) is 66.5 Å². The van der Waals surface area contributed by atoms with E-state index in [0.717, 1.165) is 39.2 Å². The smallest absolute Gasteiger partial charge is 0.161 e. The molecule has 2 aromatic carbocycles. The number of rotatable bonds is 7. The van der Waals surface area contributed by atoms with Crippen LogP contribution in [0, 0.1) is 12.8 Å². The highest BCUT2D eigenvalue weighted by Gasteiger charge is 2.11. The minimum Gasteiger partial charge on any atom is -0.345 e. The van der Waals surface area contributed by atoms with E-state index < -0.39 is 0 Å². The number of nitrogens with one attached hydrogen (secondary N) is 2. The fourth-order valence-corrected chi connectivity index (χ4v) is 3.60. The van der Waals surface area contributed by atoms with E-state index in [2.05, 4.69) is 31.3 Å². The number of Topliss-reactive ketones (excluding diaryl/α,β-unsaturated/α-hetero) is 1. The van der Waals surface area contributed by atoms with Gasteiger partial charge in [-0.3, -0.25) is 4.79 Å². The number of aromatic nitrogens is 4. The molecule has 33 heavy (non-hydrogen) atoms. The maximum atomic E-state index is 12.2. The average molecular weight is 438 g/mol. The minimum absolute atomic E-state index is 0.00819. The van der Waals surface area contributed by atoms with Crippen molar-refractivity contribution in [2.45, 2.75) is 27.7 Å². The Morgan fingerprint density at radius 2 is 1.82 bits per heavy atom. The second kappa shape index (κ2) is 9.61. The second-order valence-corrected chi connectivity index (χ2v) is 8.35. The second-order valence-electron chi connectivity index (χ2n) is 8.35. The normalized spacial score (nSPS) is 11.6. The SMILES string of the molecule is C/C(=C\c1ccc(-c2nccc(Nc3ccc(-c4cnc[nH]4)cc3)n2)cc1C)C(=O)C(C)C. The molecule has 0 aliphatic heterocycles. The summed E-state index contributed by atoms with van der Waals surface area (Å²) in [6, 6.07) is 16.0. The zero-order valence-corrected chi connectivity index (χ0v) is 19.3. The molecule has 6 nitrogen and oxygen atoms in total. The molecule has 2 aromatic heterocycles. The van der Waals surface area contributed by atoms with Gasteiger partial charge in [0.05, 0.1) is 18.2 Å². The van der Waals surface area contributed by atoms with Crippen molar-refractivity contribution in [2.24, 2.45) is 5.92 Å². The van der Waals surface area contributed by atoms with Crippen LogP contribution < -0.4 is 5.32 Å². The molecule has 0 spiro atoms. The zero-order valence-electron chi connectivity index (χ0n) is 19.3. The first-order valence-corrected chi connectivity index (χ1v) is 10.9. The van der Waals surface area contributed by atoms with Crippen molar-refractivity contribution in [1.82, 2.24) is 19.9 Å². The number of nitrogens with zero attached hydrogens (tertiary/aromatic N) is 3. The van der Waals surface area contributed by atoms with Gasteiger partial charge in [-0.1, -0.05) is 38.1 Å². The minimum atomic E-state index is -0.00819. The summed E-state index contributed by atoms with van der Waals surface area (Å²) in [7, 11) is 0. The first-order valence-electron chi connectivity index (χ1n) is 10.9. The van der Waals surface area contributed by atoms with Gasteiger partial charge in [-0.15, -0.1) is 0 Å². The number of aromatic amines is 1. The zero-order chi connectivity index (χ0) is 23.4. The summed E-state index contributed by atoms with van der Waals surface area (Å²) in [6.07, 6.45) is 7.16. The van der Waals surface area contributed by atoms with E-state index in [1.807, 2.05) is 76.2 Å². The van der Waals surface area contributed by atoms with Crippen LogP contribution in [0.4, 0.5) is 11.5 Å². The van der Waals surface area contributed by atoms with E-state index in [1.165, 1.54) is 0 Å². The fourth-order valence-electron chi connectivity index (χ4n) is 3.60. The molecular formula is C27H27N5O. The molecule has 2 heterocycles. The van der Waals surface area contributed by atoms with Crippen LogP contribution in [-0.4, -0.2) is 25.7 Å². The van der Waals surface area contributed by atoms with Crippen LogP contribution in [0.5, 0.6) is 0 Å². The Morgan fingerprint density at radius 3 is 2.48 bits per heavy atom. The lowest BCUT2D eigenvalue weighted by molar-refractivity contribution is -0.118. The summed E-state index contributed by atoms with van der Waals surface area (Å²) in [5.41, 5.74) is 6.76. The lowest BCUT2D eigenvalue weighted by Gasteiger charge is -2.10. The highest BCUT2D eigenvalue weighted by Crippen LogP contribution is 2.24. The van der Waals surface area contributed by atoms with Crippen LogP contribution in [-0.2, 0) is 4.79 Å². The molecule has 0 aliphatic carbocycles. The number of anilines is 2. The standard InChI is InChI=1S/C27H27N5O/c1-17(2)26(33)19(4)14-21-5-6-22(13-18(21)3)27-29-12-11-25(32-27)31-23-9-7-20(8-10-23)24-15-28-16-30-24/h5-17H,1-4H3,(H,28,30)(H,29,31,32)/b19-14+. The summed E-state index contributed by atoms with van der Waals surface area (Å²) >= 11 is 0. The van der Waals surface area contributed by atoms with Crippen molar-refractivity contribution in [2.75, 3.05) is 5.32 Å². The third-order valence-electron chi connectivity index (χ3n) is 5.44. The van der Waals surface area contributed by atoms with Crippen molar-refractivity contribution in [1.29, 1.82) is 0 Å². The fraction of sp³-hybridized carbons (Fsp3) is 0.185. The molecule has 0 unspecified atom stereocenters. The van der Waals surface area contributed by atoms with Crippen LogP contribution in [0.1, 0.15) is 31.9 Å². The first kappa shape index (κ1) is 22.1. The van der Waals surface area contributed by atoms with Gasteiger partial charge in [0.15, 0.2) is 11.6 Å². The number of hydrogen-bond donors (Lipinski definition) is 2. The van der Waals surface area contributed by atoms with E-state index in [0.29, 0.717) is 11.6 Å². The first-order chi connectivity index (χ1) is 15.9. The Balaban J connectivity index is 1.52. The number of allylic oxidation sites excluding steroid dienone is 1. The predicted molar refractivity (Wildman–Crippen MR) is 133 cm³/mol. The van der Waals surface area contributed by atoms with Gasteiger partial charge in [-0.25, -0.2) is 15.0 Å². The summed E-state index contributed by atoms with van der Waals surface area (Å²) in [6.45, 7) is 7.74. The molecular weight excluding hydrogens is 410 g/mol. The number of hydrogen-bond acceptors (Lipinski definition) is 5. The largest absolute Gasteiger partial charge is 0.345 e. The molecule has 0 bridgehead atoms. The number of benzene rings is 2. The molecule has 0 atom stereocenters. The van der Waals surface area contributed by atoms with Gasteiger partial charge in [0, 0.05) is 23.4 Å². The summed E-state index contributed by atoms with van der Waals surface area (Å²) < 4.78 is 0. The molecule has 6 heteroatoms. The summed E-state index contributed by atoms with van der Waals surface area (Å²) in [5.74, 6) is 1.52. The molecule has 2 N–H and O–H groups in total. The molecule has 0 amide bonds. The van der Waals surface area contributed by atoms with Crippen molar-refractivity contribution in [3.05, 3.63) is 84.0 Å². The maximum Gasteiger partial charge on any atom is 0.161 e. The van der Waals surface area contributed by atoms with Crippen molar-refractivity contribution < 1.29 is 4.79 Å². The molecule has 4 rings (SSSR count). The quantitative estimate of drug-likeness (QED) is 0.336. The summed E-state index contributed by atoms with van der Waals surface area (Å²) in [5, 5.41) is 3.34. The third kappa shape index (κ3) is 5.23. The van der Waals surface area contributed by atoms with Crippen molar-refractivity contribution >= 4 is 23.4 Å². The van der Waals surface area contributed by atoms with E-state index >= 15 is 0 Å². The molecule has 0 radical (unpaired) electrons. The van der Waals surface area contributed by atoms with Crippen LogP contribution in [0.2, 0.25) is 0 Å². The van der Waals surface area contributed by atoms with Gasteiger partial charge >= 0.3 is 0 Å². The molecule has 0 fully saturated rings. The number of imidazole rings is 1. The Morgan fingerprint density at radius 1 is 1.06 bits per heavy atom. The predicted octanol–water partition coefficient (Wildman–Crippen LogP) is 6.21. The Bertz CT molecular complexity index is 1290. The van der Waals surface area contributed by atoms with Crippen LogP contribution in [0.25, 0.3) is 28.7 Å². The Labute approximate surface area is 193 Å². The van der Waals surface area contributed by atoms with E-state index in [1.54, 1.807) is 18.7 Å². The highest BCUT2D eigenvalue weighted by molar-refractivity contribution is 6.00. The van der Waals surface area contributed by atoms with Crippen molar-refractivity contribution in [3.8, 4) is 22.6 Å². The van der Waals surface area contributed by atoms with E-state index in [4.69, 9.17) is 0 Å². The van der Waals surface area contributed by atoms with E-state index in [9.17, 15) is 4.79 Å². The summed E-state index contributed by atoms with van der Waals surface area (Å²) in [4.78, 5) is 28.5. The van der Waals surface area contributed by atoms with Gasteiger partial charge in [0.1, 0.15) is 5.82 Å². The van der Waals surface area contributed by atoms with Crippen LogP contribution >= 0.6 is 0 Å². The number of carbonyl (C=O) groups excluding carboxylic acids is 1. The Hall–Kier alpha value is -4.06. The van der Waals surface area contributed by atoms with Gasteiger partial charge in [0.25, 0.3) is 0 Å². The van der Waals surface area contributed by atoms with E-state index in [-0.39, 0.29) is 11.7 Å². The number of carbonyl (C=O) groups is 1. The lowest BCUT2D eigenvalue weighted by atomic mass is 9.97. The third-order valence-corrected chi connectivity index (χ3v) is 5.44. The van der Waals surface area contributed by atoms with Gasteiger partial charge in [0.2, 0.25) is 0 Å². The van der Waals surface area contributed by atoms with Crippen LogP contribution in [0.3, 0.4) is 0 Å². The Kier molecular flexibility index (Phi) is 6.45. The van der Waals surface area contributed by atoms with Gasteiger partial charge < -0.3 is 10.3 Å². The molecule has 166 valence electrons. The number of ketones is 1. The topological polar surface area (TPSA) is 83.6 Å². The number of aryl methyl sites for hydroxylation is 1. The molecule has 0 saturated carbocycles. The molecule has 4 aromatic rings. The average Bonchev–Trinajstić information content (AvgIpc) is 3.35. The van der Waals surface area contributed by atoms with Crippen molar-refractivity contribution in [3.63, 3.8) is 0 Å². The molecule has 0 aliphatic rings. The maximum absolute atomic E-state index is 12.2. The number of H-pyrrole nitrogens is 1. The highest BCUT2D eigenvalue weighted by atomic mass is 16.1. The van der Waals surface area contributed by atoms with Gasteiger partial charge in [-0.2, -0.15) is 0 Å². The molecule has 0 saturated heterocycles. The monoisotopic (exact) mass is 437 g/mol. The lowest BCUT2D eigenvalue weighted by Crippen LogP contribution is -2.07.